The molecule has 6 nitrogen and oxygen atoms in total. The van der Waals surface area contributed by atoms with Gasteiger partial charge in [-0.05, 0) is 35.9 Å². The van der Waals surface area contributed by atoms with Gasteiger partial charge >= 0.3 is 0 Å². The van der Waals surface area contributed by atoms with Crippen molar-refractivity contribution in [3.05, 3.63) is 54.1 Å². The summed E-state index contributed by atoms with van der Waals surface area (Å²) in [4.78, 5) is 14.1. The number of amides is 1. The van der Waals surface area contributed by atoms with Crippen LogP contribution in [0.3, 0.4) is 0 Å². The number of nitrogens with zero attached hydrogens (tertiary/aromatic N) is 1. The van der Waals surface area contributed by atoms with Gasteiger partial charge in [-0.25, -0.2) is 0 Å². The largest absolute Gasteiger partial charge is 0.490 e. The standard InChI is InChI=1S/C22H23NO5/c1-23(14-17-15-27-18-5-2-3-6-20(18)28-17)22(24)10-8-16-7-9-19-21(13-16)26-12-4-11-25-19/h2-3,5-10,13,17H,4,11-12,14-15H2,1H3/b10-8+/t17-/m1/s1. The Morgan fingerprint density at radius 3 is 2.64 bits per heavy atom. The van der Waals surface area contributed by atoms with Gasteiger partial charge in [-0.3, -0.25) is 4.79 Å². The average Bonchev–Trinajstić information content (AvgIpc) is 2.96. The van der Waals surface area contributed by atoms with E-state index in [0.29, 0.717) is 37.9 Å². The molecule has 0 aromatic heterocycles. The van der Waals surface area contributed by atoms with E-state index in [-0.39, 0.29) is 12.0 Å². The second-order valence-electron chi connectivity index (χ2n) is 6.81. The predicted octanol–water partition coefficient (Wildman–Crippen LogP) is 3.16. The van der Waals surface area contributed by atoms with Crippen molar-refractivity contribution in [2.75, 3.05) is 33.4 Å². The topological polar surface area (TPSA) is 57.2 Å². The second kappa shape index (κ2) is 8.25. The van der Waals surface area contributed by atoms with E-state index >= 15 is 0 Å². The van der Waals surface area contributed by atoms with Crippen molar-refractivity contribution in [1.29, 1.82) is 0 Å². The molecule has 2 aromatic carbocycles. The SMILES string of the molecule is CN(C[C@@H]1COc2ccccc2O1)C(=O)/C=C/c1ccc2c(c1)OCCCO2. The molecule has 0 aliphatic carbocycles. The fourth-order valence-corrected chi connectivity index (χ4v) is 3.13. The molecular formula is C22H23NO5. The molecule has 1 amide bonds. The molecule has 2 aliphatic heterocycles. The van der Waals surface area contributed by atoms with Gasteiger partial charge in [0.25, 0.3) is 0 Å². The smallest absolute Gasteiger partial charge is 0.246 e. The quantitative estimate of drug-likeness (QED) is 0.762. The molecule has 0 saturated carbocycles. The molecule has 1 atom stereocenters. The lowest BCUT2D eigenvalue weighted by atomic mass is 10.2. The highest BCUT2D eigenvalue weighted by Gasteiger charge is 2.23. The van der Waals surface area contributed by atoms with Crippen LogP contribution >= 0.6 is 0 Å². The van der Waals surface area contributed by atoms with Crippen LogP contribution in [0.4, 0.5) is 0 Å². The first-order valence-electron chi connectivity index (χ1n) is 9.40. The van der Waals surface area contributed by atoms with E-state index in [4.69, 9.17) is 18.9 Å². The van der Waals surface area contributed by atoms with Gasteiger partial charge in [0.1, 0.15) is 6.61 Å². The van der Waals surface area contributed by atoms with Crippen molar-refractivity contribution in [2.24, 2.45) is 0 Å². The molecule has 0 unspecified atom stereocenters. The van der Waals surface area contributed by atoms with Crippen molar-refractivity contribution < 1.29 is 23.7 Å². The van der Waals surface area contributed by atoms with Crippen LogP contribution in [0.2, 0.25) is 0 Å². The lowest BCUT2D eigenvalue weighted by molar-refractivity contribution is -0.126. The highest BCUT2D eigenvalue weighted by molar-refractivity contribution is 5.91. The fraction of sp³-hybridized carbons (Fsp3) is 0.318. The third-order valence-corrected chi connectivity index (χ3v) is 4.61. The molecule has 2 aliphatic rings. The molecule has 28 heavy (non-hydrogen) atoms. The summed E-state index contributed by atoms with van der Waals surface area (Å²) in [5, 5.41) is 0. The summed E-state index contributed by atoms with van der Waals surface area (Å²) in [6.45, 7) is 2.15. The molecule has 0 radical (unpaired) electrons. The Kier molecular flexibility index (Phi) is 5.37. The molecule has 4 rings (SSSR count). The maximum Gasteiger partial charge on any atom is 0.246 e. The molecule has 2 aromatic rings. The summed E-state index contributed by atoms with van der Waals surface area (Å²) < 4.78 is 22.9. The number of fused-ring (bicyclic) bond motifs is 2. The zero-order valence-corrected chi connectivity index (χ0v) is 15.8. The number of carbonyl (C=O) groups excluding carboxylic acids is 1. The average molecular weight is 381 g/mol. The number of rotatable bonds is 4. The van der Waals surface area contributed by atoms with Gasteiger partial charge in [0.2, 0.25) is 5.91 Å². The van der Waals surface area contributed by atoms with Crippen molar-refractivity contribution in [2.45, 2.75) is 12.5 Å². The Labute approximate surface area is 164 Å². The normalized spacial score (nSPS) is 17.8. The minimum Gasteiger partial charge on any atom is -0.490 e. The van der Waals surface area contributed by atoms with Gasteiger partial charge in [0.15, 0.2) is 29.1 Å². The second-order valence-corrected chi connectivity index (χ2v) is 6.81. The predicted molar refractivity (Wildman–Crippen MR) is 105 cm³/mol. The summed E-state index contributed by atoms with van der Waals surface area (Å²) in [7, 11) is 1.75. The number of hydrogen-bond donors (Lipinski definition) is 0. The Balaban J connectivity index is 1.35. The Bertz CT molecular complexity index is 879. The van der Waals surface area contributed by atoms with Gasteiger partial charge < -0.3 is 23.8 Å². The Morgan fingerprint density at radius 2 is 1.79 bits per heavy atom. The molecule has 6 heteroatoms. The zero-order valence-electron chi connectivity index (χ0n) is 15.8. The van der Waals surface area contributed by atoms with Crippen LogP contribution in [0.15, 0.2) is 48.5 Å². The first-order valence-corrected chi connectivity index (χ1v) is 9.40. The van der Waals surface area contributed by atoms with Gasteiger partial charge in [0, 0.05) is 19.5 Å². The first-order chi connectivity index (χ1) is 13.7. The van der Waals surface area contributed by atoms with E-state index in [2.05, 4.69) is 0 Å². The van der Waals surface area contributed by atoms with Crippen LogP contribution in [0.5, 0.6) is 23.0 Å². The summed E-state index contributed by atoms with van der Waals surface area (Å²) in [5.41, 5.74) is 0.886. The minimum absolute atomic E-state index is 0.102. The van der Waals surface area contributed by atoms with Crippen LogP contribution in [-0.4, -0.2) is 50.3 Å². The fourth-order valence-electron chi connectivity index (χ4n) is 3.13. The highest BCUT2D eigenvalue weighted by Crippen LogP contribution is 2.32. The van der Waals surface area contributed by atoms with Crippen LogP contribution < -0.4 is 18.9 Å². The van der Waals surface area contributed by atoms with Crippen LogP contribution in [0, 0.1) is 0 Å². The van der Waals surface area contributed by atoms with Gasteiger partial charge in [-0.2, -0.15) is 0 Å². The van der Waals surface area contributed by atoms with Crippen LogP contribution in [-0.2, 0) is 4.79 Å². The number of benzene rings is 2. The highest BCUT2D eigenvalue weighted by atomic mass is 16.6. The number of hydrogen-bond acceptors (Lipinski definition) is 5. The van der Waals surface area contributed by atoms with Crippen LogP contribution in [0.25, 0.3) is 6.08 Å². The van der Waals surface area contributed by atoms with Crippen molar-refractivity contribution >= 4 is 12.0 Å². The lowest BCUT2D eigenvalue weighted by Crippen LogP contribution is -2.41. The van der Waals surface area contributed by atoms with E-state index in [1.165, 1.54) is 0 Å². The van der Waals surface area contributed by atoms with Gasteiger partial charge in [0.05, 0.1) is 19.8 Å². The summed E-state index contributed by atoms with van der Waals surface area (Å²) >= 11 is 0. The van der Waals surface area contributed by atoms with Crippen LogP contribution in [0.1, 0.15) is 12.0 Å². The number of carbonyl (C=O) groups is 1. The first kappa shape index (κ1) is 18.2. The zero-order chi connectivity index (χ0) is 19.3. The van der Waals surface area contributed by atoms with Gasteiger partial charge in [-0.15, -0.1) is 0 Å². The van der Waals surface area contributed by atoms with Crippen molar-refractivity contribution in [1.82, 2.24) is 4.90 Å². The monoisotopic (exact) mass is 381 g/mol. The summed E-state index contributed by atoms with van der Waals surface area (Å²) in [6.07, 6.45) is 3.99. The van der Waals surface area contributed by atoms with E-state index in [9.17, 15) is 4.79 Å². The Morgan fingerprint density at radius 1 is 1.04 bits per heavy atom. The lowest BCUT2D eigenvalue weighted by Gasteiger charge is -2.29. The molecule has 2 heterocycles. The molecule has 0 fully saturated rings. The third kappa shape index (κ3) is 4.22. The molecule has 0 N–H and O–H groups in total. The minimum atomic E-state index is -0.199. The molecule has 0 spiro atoms. The molecule has 146 valence electrons. The number of para-hydroxylation sites is 2. The Hall–Kier alpha value is -3.15. The molecular weight excluding hydrogens is 358 g/mol. The van der Waals surface area contributed by atoms with E-state index < -0.39 is 0 Å². The van der Waals surface area contributed by atoms with Gasteiger partial charge in [-0.1, -0.05) is 18.2 Å². The maximum absolute atomic E-state index is 12.5. The number of ether oxygens (including phenoxy) is 4. The summed E-state index contributed by atoms with van der Waals surface area (Å²) in [5.74, 6) is 2.80. The van der Waals surface area contributed by atoms with E-state index in [1.54, 1.807) is 24.1 Å². The van der Waals surface area contributed by atoms with Crippen molar-refractivity contribution in [3.8, 4) is 23.0 Å². The molecule has 0 bridgehead atoms. The van der Waals surface area contributed by atoms with Crippen molar-refractivity contribution in [3.63, 3.8) is 0 Å². The van der Waals surface area contributed by atoms with E-state index in [0.717, 1.165) is 23.5 Å². The van der Waals surface area contributed by atoms with E-state index in [1.807, 2.05) is 42.5 Å². The third-order valence-electron chi connectivity index (χ3n) is 4.61. The summed E-state index contributed by atoms with van der Waals surface area (Å²) in [6, 6.07) is 13.2. The number of likely N-dealkylation sites (N-methyl/N-ethyl adjacent to an activating group) is 1. The molecule has 0 saturated heterocycles. The maximum atomic E-state index is 12.5.